The van der Waals surface area contributed by atoms with Gasteiger partial charge in [-0.2, -0.15) is 0 Å². The fraction of sp³-hybridized carbons (Fsp3) is 0.590. The van der Waals surface area contributed by atoms with Crippen LogP contribution >= 0.6 is 0 Å². The zero-order chi connectivity index (χ0) is 86.3. The van der Waals surface area contributed by atoms with Crippen molar-refractivity contribution in [3.8, 4) is 0 Å². The number of ether oxygens (including phenoxy) is 1. The van der Waals surface area contributed by atoms with Gasteiger partial charge in [-0.05, 0) is 114 Å². The van der Waals surface area contributed by atoms with Crippen molar-refractivity contribution in [3.63, 3.8) is 0 Å². The molecule has 0 aromatic heterocycles. The van der Waals surface area contributed by atoms with E-state index in [0.717, 1.165) is 77.6 Å². The summed E-state index contributed by atoms with van der Waals surface area (Å²) in [6, 6.07) is 10.3. The van der Waals surface area contributed by atoms with Gasteiger partial charge in [0.15, 0.2) is 0 Å². The summed E-state index contributed by atoms with van der Waals surface area (Å²) in [5, 5.41) is 51.8. The third kappa shape index (κ3) is 31.6. The molecule has 4 aromatic rings. The third-order valence-corrected chi connectivity index (χ3v) is 20.6. The summed E-state index contributed by atoms with van der Waals surface area (Å²) in [6.45, 7) is 5.47. The van der Waals surface area contributed by atoms with E-state index in [1.807, 2.05) is 56.2 Å². The van der Waals surface area contributed by atoms with Crippen LogP contribution in [0.15, 0.2) is 60.7 Å². The van der Waals surface area contributed by atoms with Crippen LogP contribution in [0.3, 0.4) is 0 Å². The zero-order valence-electron chi connectivity index (χ0n) is 69.0. The van der Waals surface area contributed by atoms with Gasteiger partial charge in [-0.15, -0.1) is 0 Å². The van der Waals surface area contributed by atoms with E-state index in [0.29, 0.717) is 59.2 Å². The van der Waals surface area contributed by atoms with Crippen LogP contribution in [0.25, 0.3) is 21.5 Å². The Morgan fingerprint density at radius 2 is 0.778 bits per heavy atom. The predicted octanol–water partition coefficient (Wildman–Crippen LogP) is 4.27. The maximum absolute atomic E-state index is 13.8. The van der Waals surface area contributed by atoms with Gasteiger partial charge < -0.3 is 95.3 Å². The number of rotatable bonds is 56. The number of hydrogen-bond acceptors (Lipinski definition) is 23. The van der Waals surface area contributed by atoms with Gasteiger partial charge in [0.25, 0.3) is 23.6 Å². The normalized spacial score (nSPS) is 14.4. The van der Waals surface area contributed by atoms with E-state index in [4.69, 9.17) is 37.9 Å². The number of carbonyl (C=O) groups is 14. The summed E-state index contributed by atoms with van der Waals surface area (Å²) in [5.41, 5.74) is 28.0. The lowest BCUT2D eigenvalue weighted by atomic mass is 9.92. The van der Waals surface area contributed by atoms with Crippen molar-refractivity contribution in [1.29, 1.82) is 0 Å². The Morgan fingerprint density at radius 1 is 0.410 bits per heavy atom. The van der Waals surface area contributed by atoms with E-state index >= 15 is 0 Å². The van der Waals surface area contributed by atoms with Crippen molar-refractivity contribution < 1.29 is 87.2 Å². The Morgan fingerprint density at radius 3 is 1.15 bits per heavy atom. The minimum Gasteiger partial charge on any atom is -0.481 e. The fourth-order valence-electron chi connectivity index (χ4n) is 13.9. The molecule has 8 atom stereocenters. The molecule has 2 aliphatic heterocycles. The Labute approximate surface area is 684 Å². The Bertz CT molecular complexity index is 3980. The highest BCUT2D eigenvalue weighted by Gasteiger charge is 2.38. The highest BCUT2D eigenvalue weighted by molar-refractivity contribution is 6.28. The molecule has 6 rings (SSSR count). The van der Waals surface area contributed by atoms with Gasteiger partial charge in [0.05, 0.1) is 19.2 Å². The van der Waals surface area contributed by atoms with Crippen LogP contribution in [0.4, 0.5) is 11.4 Å². The van der Waals surface area contributed by atoms with E-state index < -0.39 is 119 Å². The molecule has 0 saturated carbocycles. The first-order chi connectivity index (χ1) is 55.8. The number of unbranched alkanes of at least 4 members (excludes halogenated alkanes) is 10. The summed E-state index contributed by atoms with van der Waals surface area (Å²) in [6.07, 6.45) is 15.0. The molecule has 34 nitrogen and oxygen atoms in total. The molecule has 0 saturated heterocycles. The maximum Gasteiger partial charge on any atom is 0.328 e. The standard InChI is InChI=1S/C42H64N8O9.C41H62N8O9/c1-5-6-7-8-9-10-13-27(43)26-45-23-20-31(44)38(54)48-32(39(55)46-24-21-33(42(58)59-4)47-35(51)16-12-17-36(52)53)22-25-50-40(56)29-15-11-14-28-34(49(2)3)19-18-30(37(28)29)41(50)57;1-4-5-6-7-8-9-12-26(42)25-44-22-19-30(43)37(53)47-31(38(54)45-23-20-32(41(57)58)46-34(50)15-11-16-35(51)52)21-24-49-39(55)28-14-10-13-27-33(48(2)3)18-17-29(36(27)28)40(49)56/h11,14-15,18-19,27,31-33,45H,5-10,12-13,16-17,20-26,43-44H2,1-4H3,(H,46,55)(H,47,51)(H,48,54)(H,52,53);10,13-14,17-18,26,30-32,44H,4-9,11-12,15-16,19-25,42-43H2,1-3H3,(H,45,54)(H,46,50)(H,47,53)(H,51,52)(H,57,58)/t27-,31-,32+,33+;26-,30-,31+,32+/m00/s1. The molecule has 0 aliphatic carbocycles. The van der Waals surface area contributed by atoms with E-state index in [-0.39, 0.29) is 115 Å². The van der Waals surface area contributed by atoms with Crippen molar-refractivity contribution >= 4 is 116 Å². The highest BCUT2D eigenvalue weighted by atomic mass is 16.5. The average Bonchev–Trinajstić information content (AvgIpc) is 0.745. The van der Waals surface area contributed by atoms with Gasteiger partial charge in [0.2, 0.25) is 35.4 Å². The summed E-state index contributed by atoms with van der Waals surface area (Å²) < 4.78 is 4.80. The second-order valence-electron chi connectivity index (χ2n) is 30.3. The van der Waals surface area contributed by atoms with Crippen LogP contribution in [-0.2, 0) is 52.7 Å². The van der Waals surface area contributed by atoms with Crippen molar-refractivity contribution in [2.45, 2.75) is 229 Å². The summed E-state index contributed by atoms with van der Waals surface area (Å²) >= 11 is 0. The van der Waals surface area contributed by atoms with E-state index in [9.17, 15) is 72.2 Å². The number of carboxylic acid groups (broad SMARTS) is 3. The van der Waals surface area contributed by atoms with E-state index in [2.05, 4.69) is 56.4 Å². The molecule has 2 heterocycles. The third-order valence-electron chi connectivity index (χ3n) is 20.6. The fourth-order valence-corrected chi connectivity index (χ4v) is 13.9. The van der Waals surface area contributed by atoms with Gasteiger partial charge >= 0.3 is 23.9 Å². The molecule has 0 spiro atoms. The number of anilines is 2. The van der Waals surface area contributed by atoms with E-state index in [1.54, 1.807) is 42.5 Å². The molecule has 117 heavy (non-hydrogen) atoms. The van der Waals surface area contributed by atoms with Crippen LogP contribution in [-0.4, -0.2) is 244 Å². The Kier molecular flexibility index (Phi) is 42.5. The number of carbonyl (C=O) groups excluding carboxylic acids is 11. The number of methoxy groups -OCH3 is 1. The molecule has 4 aromatic carbocycles. The second-order valence-corrected chi connectivity index (χ2v) is 30.3. The van der Waals surface area contributed by atoms with Crippen molar-refractivity contribution in [2.75, 3.05) is 97.5 Å². The monoisotopic (exact) mass is 1630 g/mol. The smallest absolute Gasteiger partial charge is 0.328 e. The molecule has 0 unspecified atom stereocenters. The quantitative estimate of drug-likeness (QED) is 0.0167. The molecular weight excluding hydrogens is 1510 g/mol. The highest BCUT2D eigenvalue weighted by Crippen LogP contribution is 2.37. The molecule has 646 valence electrons. The summed E-state index contributed by atoms with van der Waals surface area (Å²) in [4.78, 5) is 185. The van der Waals surface area contributed by atoms with Gasteiger partial charge in [-0.3, -0.25) is 67.3 Å². The van der Waals surface area contributed by atoms with Crippen molar-refractivity contribution in [3.05, 3.63) is 82.9 Å². The SMILES string of the molecule is CCCCCCCC[C@H](N)CNCC[C@H](N)C(=O)N[C@H](CCN1C(=O)c2cccc3c(N(C)C)ccc(c23)C1=O)C(=O)NCC[C@@H](NC(=O)CCCC(=O)O)C(=O)O.CCCCCCCC[C@H](N)CNCC[C@H](N)C(=O)N[C@H](CCN1C(=O)c2cccc3c(N(C)C)ccc(c23)C1=O)C(=O)NCC[C@@H](NC(=O)CCCC(=O)O)C(=O)OC. The van der Waals surface area contributed by atoms with Crippen LogP contribution in [0.2, 0.25) is 0 Å². The molecule has 0 radical (unpaired) electrons. The first kappa shape index (κ1) is 97.3. The minimum absolute atomic E-state index is 0.0243. The molecular formula is C83H126N16O18. The largest absolute Gasteiger partial charge is 0.481 e. The minimum atomic E-state index is -1.38. The van der Waals surface area contributed by atoms with Gasteiger partial charge in [-0.25, -0.2) is 9.59 Å². The number of hydrogen-bond donors (Lipinski definition) is 15. The maximum atomic E-state index is 13.8. The zero-order valence-corrected chi connectivity index (χ0v) is 69.0. The topological polar surface area (TPSA) is 522 Å². The Hall–Kier alpha value is -10.3. The van der Waals surface area contributed by atoms with Crippen LogP contribution in [0.5, 0.6) is 0 Å². The first-order valence-corrected chi connectivity index (χ1v) is 41.0. The molecule has 2 aliphatic rings. The molecule has 34 heteroatoms. The molecule has 0 fully saturated rings. The number of imide groups is 2. The number of nitrogens with one attached hydrogen (secondary N) is 8. The summed E-state index contributed by atoms with van der Waals surface area (Å²) in [5.74, 6) is -10.3. The van der Waals surface area contributed by atoms with Crippen LogP contribution in [0.1, 0.15) is 222 Å². The Balaban J connectivity index is 0.000000417. The van der Waals surface area contributed by atoms with Gasteiger partial charge in [-0.1, -0.05) is 115 Å². The average molecular weight is 1640 g/mol. The van der Waals surface area contributed by atoms with Gasteiger partial charge in [0, 0.05) is 160 Å². The lowest BCUT2D eigenvalue weighted by molar-refractivity contribution is -0.145. The number of nitrogens with two attached hydrogens (primary N) is 4. The predicted molar refractivity (Wildman–Crippen MR) is 445 cm³/mol. The molecule has 0 bridgehead atoms. The first-order valence-electron chi connectivity index (χ1n) is 41.0. The number of aliphatic carboxylic acids is 3. The number of amides is 10. The number of nitrogens with zero attached hydrogens (tertiary/aromatic N) is 4. The second kappa shape index (κ2) is 51.1. The van der Waals surface area contributed by atoms with Crippen molar-refractivity contribution in [1.82, 2.24) is 52.3 Å². The number of carboxylic acids is 3. The lowest BCUT2D eigenvalue weighted by Crippen LogP contribution is -2.54. The molecule has 10 amide bonds. The van der Waals surface area contributed by atoms with Crippen LogP contribution < -0.4 is 75.3 Å². The molecule has 19 N–H and O–H groups in total. The number of benzene rings is 4. The van der Waals surface area contributed by atoms with Crippen molar-refractivity contribution in [2.24, 2.45) is 22.9 Å². The van der Waals surface area contributed by atoms with E-state index in [1.165, 1.54) is 51.4 Å². The lowest BCUT2D eigenvalue weighted by Gasteiger charge is -2.30. The van der Waals surface area contributed by atoms with Crippen LogP contribution in [0, 0.1) is 0 Å². The van der Waals surface area contributed by atoms with Gasteiger partial charge in [0.1, 0.15) is 24.2 Å². The number of esters is 1. The summed E-state index contributed by atoms with van der Waals surface area (Å²) in [7, 11) is 8.61.